The van der Waals surface area contributed by atoms with Gasteiger partial charge in [0.2, 0.25) is 0 Å². The molecule has 3 aromatic rings. The third-order valence-corrected chi connectivity index (χ3v) is 6.01. The molecule has 0 aliphatic carbocycles. The first-order chi connectivity index (χ1) is 14.6. The predicted molar refractivity (Wildman–Crippen MR) is 116 cm³/mol. The predicted octanol–water partition coefficient (Wildman–Crippen LogP) is 3.67. The standard InChI is InChI=1S/C24H22N4O2/c1-27-22-8-3-16(14-25)13-20(22)23(21(15-26)24(27)29)28-11-9-18(10-12-28)17-4-6-19(30-2)7-5-17/h3-8,13,18H,9-12H2,1-2H3. The van der Waals surface area contributed by atoms with Crippen LogP contribution < -0.4 is 15.2 Å². The van der Waals surface area contributed by atoms with Gasteiger partial charge in [-0.2, -0.15) is 10.5 Å². The van der Waals surface area contributed by atoms with Crippen molar-refractivity contribution in [3.05, 3.63) is 69.5 Å². The van der Waals surface area contributed by atoms with Gasteiger partial charge >= 0.3 is 0 Å². The molecule has 0 radical (unpaired) electrons. The van der Waals surface area contributed by atoms with Gasteiger partial charge in [-0.15, -0.1) is 0 Å². The van der Waals surface area contributed by atoms with Crippen LogP contribution in [0.5, 0.6) is 5.75 Å². The number of aryl methyl sites for hydroxylation is 1. The molecule has 4 rings (SSSR count). The van der Waals surface area contributed by atoms with Gasteiger partial charge in [0.15, 0.2) is 0 Å². The summed E-state index contributed by atoms with van der Waals surface area (Å²) in [7, 11) is 3.32. The van der Waals surface area contributed by atoms with E-state index in [0.29, 0.717) is 17.2 Å². The number of ether oxygens (including phenoxy) is 1. The Labute approximate surface area is 175 Å². The average molecular weight is 398 g/mol. The minimum Gasteiger partial charge on any atom is -0.497 e. The van der Waals surface area contributed by atoms with Gasteiger partial charge < -0.3 is 14.2 Å². The molecule has 2 aromatic carbocycles. The number of anilines is 1. The van der Waals surface area contributed by atoms with Crippen molar-refractivity contribution in [3.63, 3.8) is 0 Å². The number of piperidine rings is 1. The second-order valence-electron chi connectivity index (χ2n) is 7.58. The van der Waals surface area contributed by atoms with Gasteiger partial charge in [-0.25, -0.2) is 0 Å². The summed E-state index contributed by atoms with van der Waals surface area (Å²) in [5.74, 6) is 1.26. The molecule has 0 bridgehead atoms. The van der Waals surface area contributed by atoms with Crippen LogP contribution in [-0.4, -0.2) is 24.8 Å². The number of pyridine rings is 1. The highest BCUT2D eigenvalue weighted by Crippen LogP contribution is 2.35. The van der Waals surface area contributed by atoms with Gasteiger partial charge in [-0.05, 0) is 54.7 Å². The molecule has 1 fully saturated rings. The Bertz CT molecular complexity index is 1240. The molecule has 6 nitrogen and oxygen atoms in total. The highest BCUT2D eigenvalue weighted by molar-refractivity contribution is 5.95. The van der Waals surface area contributed by atoms with E-state index in [9.17, 15) is 15.3 Å². The SMILES string of the molecule is COc1ccc(C2CCN(c3c(C#N)c(=O)n(C)c4ccc(C#N)cc34)CC2)cc1. The first kappa shape index (κ1) is 19.5. The van der Waals surface area contributed by atoms with Crippen molar-refractivity contribution in [2.75, 3.05) is 25.1 Å². The number of nitrogens with zero attached hydrogens (tertiary/aromatic N) is 4. The van der Waals surface area contributed by atoms with Gasteiger partial charge in [-0.1, -0.05) is 12.1 Å². The summed E-state index contributed by atoms with van der Waals surface area (Å²) in [5.41, 5.74) is 3.01. The number of methoxy groups -OCH3 is 1. The number of rotatable bonds is 3. The van der Waals surface area contributed by atoms with Crippen LogP contribution >= 0.6 is 0 Å². The normalized spacial score (nSPS) is 14.3. The van der Waals surface area contributed by atoms with Crippen molar-refractivity contribution in [2.45, 2.75) is 18.8 Å². The van der Waals surface area contributed by atoms with E-state index in [0.717, 1.165) is 42.6 Å². The first-order valence-corrected chi connectivity index (χ1v) is 9.93. The molecule has 1 aromatic heterocycles. The van der Waals surface area contributed by atoms with Crippen molar-refractivity contribution < 1.29 is 4.74 Å². The number of hydrogen-bond acceptors (Lipinski definition) is 5. The Morgan fingerprint density at radius 2 is 1.73 bits per heavy atom. The molecule has 0 spiro atoms. The molecule has 2 heterocycles. The summed E-state index contributed by atoms with van der Waals surface area (Å²) in [5, 5.41) is 19.9. The second-order valence-corrected chi connectivity index (χ2v) is 7.58. The lowest BCUT2D eigenvalue weighted by Crippen LogP contribution is -2.35. The van der Waals surface area contributed by atoms with E-state index >= 15 is 0 Å². The molecule has 1 saturated heterocycles. The van der Waals surface area contributed by atoms with Gasteiger partial charge in [0.05, 0.1) is 29.9 Å². The largest absolute Gasteiger partial charge is 0.497 e. The van der Waals surface area contributed by atoms with Crippen LogP contribution in [0.4, 0.5) is 5.69 Å². The van der Waals surface area contributed by atoms with E-state index in [1.54, 1.807) is 32.4 Å². The van der Waals surface area contributed by atoms with Crippen LogP contribution in [0, 0.1) is 22.7 Å². The van der Waals surface area contributed by atoms with E-state index in [1.165, 1.54) is 10.1 Å². The zero-order valence-corrected chi connectivity index (χ0v) is 17.1. The molecular weight excluding hydrogens is 376 g/mol. The number of aromatic nitrogens is 1. The summed E-state index contributed by atoms with van der Waals surface area (Å²) < 4.78 is 6.73. The molecule has 0 unspecified atom stereocenters. The number of benzene rings is 2. The van der Waals surface area contributed by atoms with Crippen LogP contribution in [-0.2, 0) is 7.05 Å². The third kappa shape index (κ3) is 3.27. The van der Waals surface area contributed by atoms with Crippen LogP contribution in [0.1, 0.15) is 35.4 Å². The zero-order chi connectivity index (χ0) is 21.3. The van der Waals surface area contributed by atoms with Gasteiger partial charge in [-0.3, -0.25) is 4.79 Å². The summed E-state index contributed by atoms with van der Waals surface area (Å²) in [4.78, 5) is 14.9. The lowest BCUT2D eigenvalue weighted by Gasteiger charge is -2.35. The minimum atomic E-state index is -0.304. The average Bonchev–Trinajstić information content (AvgIpc) is 2.81. The molecule has 1 aliphatic heterocycles. The number of hydrogen-bond donors (Lipinski definition) is 0. The van der Waals surface area contributed by atoms with E-state index < -0.39 is 0 Å². The Morgan fingerprint density at radius 1 is 1.03 bits per heavy atom. The van der Waals surface area contributed by atoms with Gasteiger partial charge in [0.25, 0.3) is 5.56 Å². The van der Waals surface area contributed by atoms with Crippen molar-refractivity contribution >= 4 is 16.6 Å². The van der Waals surface area contributed by atoms with Crippen LogP contribution in [0.3, 0.4) is 0 Å². The van der Waals surface area contributed by atoms with Gasteiger partial charge in [0.1, 0.15) is 17.4 Å². The molecule has 1 aliphatic rings. The minimum absolute atomic E-state index is 0.142. The van der Waals surface area contributed by atoms with Crippen molar-refractivity contribution in [1.82, 2.24) is 4.57 Å². The highest BCUT2D eigenvalue weighted by atomic mass is 16.5. The van der Waals surface area contributed by atoms with E-state index in [1.807, 2.05) is 12.1 Å². The topological polar surface area (TPSA) is 82.0 Å². The molecule has 0 amide bonds. The van der Waals surface area contributed by atoms with Crippen LogP contribution in [0.2, 0.25) is 0 Å². The van der Waals surface area contributed by atoms with Crippen molar-refractivity contribution in [1.29, 1.82) is 10.5 Å². The van der Waals surface area contributed by atoms with Gasteiger partial charge in [0, 0.05) is 25.5 Å². The smallest absolute Gasteiger partial charge is 0.270 e. The van der Waals surface area contributed by atoms with Crippen molar-refractivity contribution in [2.24, 2.45) is 7.05 Å². The molecule has 6 heteroatoms. The van der Waals surface area contributed by atoms with E-state index in [4.69, 9.17) is 4.74 Å². The van der Waals surface area contributed by atoms with Crippen molar-refractivity contribution in [3.8, 4) is 17.9 Å². The first-order valence-electron chi connectivity index (χ1n) is 9.93. The Morgan fingerprint density at radius 3 is 2.33 bits per heavy atom. The quantitative estimate of drug-likeness (QED) is 0.672. The Kier molecular flexibility index (Phi) is 5.16. The molecule has 0 saturated carbocycles. The summed E-state index contributed by atoms with van der Waals surface area (Å²) in [6.45, 7) is 1.48. The molecule has 150 valence electrons. The summed E-state index contributed by atoms with van der Waals surface area (Å²) in [6, 6.07) is 17.7. The van der Waals surface area contributed by atoms with E-state index in [2.05, 4.69) is 29.2 Å². The van der Waals surface area contributed by atoms with Crippen LogP contribution in [0.25, 0.3) is 10.9 Å². The Hall–Kier alpha value is -3.77. The van der Waals surface area contributed by atoms with Crippen LogP contribution in [0.15, 0.2) is 47.3 Å². The lowest BCUT2D eigenvalue weighted by atomic mass is 9.89. The monoisotopic (exact) mass is 398 g/mol. The fourth-order valence-electron chi connectivity index (χ4n) is 4.34. The maximum atomic E-state index is 12.8. The molecule has 0 N–H and O–H groups in total. The lowest BCUT2D eigenvalue weighted by molar-refractivity contribution is 0.414. The zero-order valence-electron chi connectivity index (χ0n) is 17.1. The summed E-state index contributed by atoms with van der Waals surface area (Å²) >= 11 is 0. The van der Waals surface area contributed by atoms with E-state index in [-0.39, 0.29) is 11.1 Å². The molecular formula is C24H22N4O2. The molecule has 0 atom stereocenters. The highest BCUT2D eigenvalue weighted by Gasteiger charge is 2.26. The Balaban J connectivity index is 1.71. The number of fused-ring (bicyclic) bond motifs is 1. The maximum absolute atomic E-state index is 12.8. The maximum Gasteiger partial charge on any atom is 0.270 e. The second kappa shape index (κ2) is 7.93. The fraction of sp³-hybridized carbons (Fsp3) is 0.292. The molecule has 30 heavy (non-hydrogen) atoms. The fourth-order valence-corrected chi connectivity index (χ4v) is 4.34. The number of nitriles is 2. The third-order valence-electron chi connectivity index (χ3n) is 6.01. The summed E-state index contributed by atoms with van der Waals surface area (Å²) in [6.07, 6.45) is 1.84.